The van der Waals surface area contributed by atoms with Crippen molar-refractivity contribution in [3.8, 4) is 0 Å². The Morgan fingerprint density at radius 2 is 2.20 bits per heavy atom. The molecule has 0 saturated heterocycles. The molecule has 0 atom stereocenters. The number of rotatable bonds is 3. The quantitative estimate of drug-likeness (QED) is 0.877. The van der Waals surface area contributed by atoms with Crippen LogP contribution in [0.25, 0.3) is 0 Å². The zero-order chi connectivity index (χ0) is 10.7. The van der Waals surface area contributed by atoms with E-state index in [9.17, 15) is 0 Å². The van der Waals surface area contributed by atoms with Crippen LogP contribution in [0, 0.1) is 0 Å². The first kappa shape index (κ1) is 11.0. The van der Waals surface area contributed by atoms with Crippen molar-refractivity contribution in [2.75, 3.05) is 5.73 Å². The minimum atomic E-state index is 0.707. The minimum Gasteiger partial charge on any atom is -0.397 e. The summed E-state index contributed by atoms with van der Waals surface area (Å²) in [7, 11) is 0. The number of halogens is 1. The van der Waals surface area contributed by atoms with Crippen LogP contribution in [-0.4, -0.2) is 4.98 Å². The number of nitrogens with zero attached hydrogens (tertiary/aromatic N) is 1. The van der Waals surface area contributed by atoms with Crippen molar-refractivity contribution >= 4 is 44.7 Å². The minimum absolute atomic E-state index is 0.707. The molecule has 15 heavy (non-hydrogen) atoms. The molecular weight excluding hydrogens is 292 g/mol. The molecule has 2 aromatic heterocycles. The molecule has 0 bridgehead atoms. The molecule has 5 heteroatoms. The molecule has 0 spiro atoms. The van der Waals surface area contributed by atoms with Gasteiger partial charge in [0.25, 0.3) is 0 Å². The lowest BCUT2D eigenvalue weighted by Gasteiger charge is -1.98. The summed E-state index contributed by atoms with van der Waals surface area (Å²) >= 11 is 6.92. The SMILES string of the molecule is Nc1ccc(SCc2ccc(Br)s2)nc1. The highest BCUT2D eigenvalue weighted by Gasteiger charge is 2.00. The Bertz CT molecular complexity index is 439. The molecule has 0 unspecified atom stereocenters. The lowest BCUT2D eigenvalue weighted by molar-refractivity contribution is 1.14. The van der Waals surface area contributed by atoms with E-state index in [2.05, 4.69) is 33.0 Å². The fourth-order valence-electron chi connectivity index (χ4n) is 1.05. The van der Waals surface area contributed by atoms with Crippen LogP contribution in [0.3, 0.4) is 0 Å². The van der Waals surface area contributed by atoms with Gasteiger partial charge in [-0.1, -0.05) is 0 Å². The first-order valence-electron chi connectivity index (χ1n) is 4.32. The van der Waals surface area contributed by atoms with Gasteiger partial charge < -0.3 is 5.73 Å². The summed E-state index contributed by atoms with van der Waals surface area (Å²) in [6, 6.07) is 8.01. The highest BCUT2D eigenvalue weighted by atomic mass is 79.9. The number of aromatic nitrogens is 1. The van der Waals surface area contributed by atoms with Crippen molar-refractivity contribution in [1.82, 2.24) is 4.98 Å². The Hall–Kier alpha value is -0.520. The monoisotopic (exact) mass is 300 g/mol. The van der Waals surface area contributed by atoms with Crippen LogP contribution in [0.15, 0.2) is 39.3 Å². The molecule has 2 nitrogen and oxygen atoms in total. The molecule has 0 aromatic carbocycles. The summed E-state index contributed by atoms with van der Waals surface area (Å²) in [5.74, 6) is 0.952. The predicted molar refractivity (Wildman–Crippen MR) is 70.2 cm³/mol. The summed E-state index contributed by atoms with van der Waals surface area (Å²) in [5.41, 5.74) is 6.27. The molecule has 2 N–H and O–H groups in total. The van der Waals surface area contributed by atoms with Crippen molar-refractivity contribution < 1.29 is 0 Å². The van der Waals surface area contributed by atoms with Gasteiger partial charge in [-0.3, -0.25) is 0 Å². The molecule has 0 radical (unpaired) electrons. The van der Waals surface area contributed by atoms with E-state index < -0.39 is 0 Å². The predicted octanol–water partition coefficient (Wildman–Crippen LogP) is 3.78. The van der Waals surface area contributed by atoms with Gasteiger partial charge in [-0.15, -0.1) is 23.1 Å². The van der Waals surface area contributed by atoms with Crippen molar-refractivity contribution in [1.29, 1.82) is 0 Å². The first-order chi connectivity index (χ1) is 7.24. The number of thioether (sulfide) groups is 1. The number of thiophene rings is 1. The van der Waals surface area contributed by atoms with Gasteiger partial charge in [-0.25, -0.2) is 4.98 Å². The smallest absolute Gasteiger partial charge is 0.0964 e. The van der Waals surface area contributed by atoms with E-state index in [0.29, 0.717) is 5.69 Å². The van der Waals surface area contributed by atoms with E-state index >= 15 is 0 Å². The number of nitrogens with two attached hydrogens (primary N) is 1. The Morgan fingerprint density at radius 3 is 2.80 bits per heavy atom. The first-order valence-corrected chi connectivity index (χ1v) is 6.92. The molecule has 0 aliphatic carbocycles. The lowest BCUT2D eigenvalue weighted by atomic mass is 10.4. The Balaban J connectivity index is 1.96. The maximum atomic E-state index is 5.56. The maximum absolute atomic E-state index is 5.56. The van der Waals surface area contributed by atoms with Crippen molar-refractivity contribution in [2.24, 2.45) is 0 Å². The standard InChI is InChI=1S/C10H9BrN2S2/c11-9-3-2-8(15-9)6-14-10-4-1-7(12)5-13-10/h1-5H,6,12H2. The van der Waals surface area contributed by atoms with Crippen LogP contribution in [0.2, 0.25) is 0 Å². The van der Waals surface area contributed by atoms with Gasteiger partial charge in [0.05, 0.1) is 20.7 Å². The van der Waals surface area contributed by atoms with Gasteiger partial charge in [-0.2, -0.15) is 0 Å². The fraction of sp³-hybridized carbons (Fsp3) is 0.100. The second-order valence-electron chi connectivity index (χ2n) is 2.92. The summed E-state index contributed by atoms with van der Waals surface area (Å²) in [6.07, 6.45) is 1.69. The van der Waals surface area contributed by atoms with E-state index in [4.69, 9.17) is 5.73 Å². The number of anilines is 1. The third-order valence-electron chi connectivity index (χ3n) is 1.75. The highest BCUT2D eigenvalue weighted by Crippen LogP contribution is 2.28. The van der Waals surface area contributed by atoms with Gasteiger partial charge in [0.1, 0.15) is 0 Å². The van der Waals surface area contributed by atoms with E-state index in [-0.39, 0.29) is 0 Å². The molecule has 78 valence electrons. The van der Waals surface area contributed by atoms with Crippen molar-refractivity contribution in [2.45, 2.75) is 10.8 Å². The van der Waals surface area contributed by atoms with Crippen molar-refractivity contribution in [3.05, 3.63) is 39.1 Å². The maximum Gasteiger partial charge on any atom is 0.0964 e. The molecule has 2 rings (SSSR count). The zero-order valence-corrected chi connectivity index (χ0v) is 11.0. The van der Waals surface area contributed by atoms with Crippen LogP contribution in [-0.2, 0) is 5.75 Å². The molecule has 0 fully saturated rings. The second-order valence-corrected chi connectivity index (χ2v) is 6.47. The number of pyridine rings is 1. The topological polar surface area (TPSA) is 38.9 Å². The summed E-state index contributed by atoms with van der Waals surface area (Å²) in [6.45, 7) is 0. The number of nitrogen functional groups attached to an aromatic ring is 1. The molecule has 2 heterocycles. The van der Waals surface area contributed by atoms with E-state index in [1.54, 1.807) is 29.3 Å². The molecule has 0 saturated carbocycles. The summed E-state index contributed by atoms with van der Waals surface area (Å²) < 4.78 is 1.17. The lowest BCUT2D eigenvalue weighted by Crippen LogP contribution is -1.86. The Kier molecular flexibility index (Phi) is 3.66. The molecule has 0 aliphatic rings. The molecule has 2 aromatic rings. The van der Waals surface area contributed by atoms with Crippen LogP contribution in [0.5, 0.6) is 0 Å². The third-order valence-corrected chi connectivity index (χ3v) is 4.55. The average molecular weight is 301 g/mol. The molecule has 0 amide bonds. The fourth-order valence-corrected chi connectivity index (χ4v) is 3.42. The second kappa shape index (κ2) is 5.01. The third kappa shape index (κ3) is 3.22. The van der Waals surface area contributed by atoms with Crippen LogP contribution in [0.1, 0.15) is 4.88 Å². The van der Waals surface area contributed by atoms with Gasteiger partial charge in [-0.05, 0) is 40.2 Å². The average Bonchev–Trinajstić information content (AvgIpc) is 2.64. The van der Waals surface area contributed by atoms with E-state index in [0.717, 1.165) is 10.8 Å². The van der Waals surface area contributed by atoms with Crippen LogP contribution in [0.4, 0.5) is 5.69 Å². The van der Waals surface area contributed by atoms with Gasteiger partial charge in [0.15, 0.2) is 0 Å². The van der Waals surface area contributed by atoms with Gasteiger partial charge in [0.2, 0.25) is 0 Å². The number of hydrogen-bond acceptors (Lipinski definition) is 4. The zero-order valence-electron chi connectivity index (χ0n) is 7.81. The van der Waals surface area contributed by atoms with Crippen LogP contribution < -0.4 is 5.73 Å². The molecule has 0 aliphatic heterocycles. The normalized spacial score (nSPS) is 10.5. The Morgan fingerprint density at radius 1 is 1.33 bits per heavy atom. The van der Waals surface area contributed by atoms with E-state index in [1.165, 1.54) is 8.66 Å². The van der Waals surface area contributed by atoms with Crippen molar-refractivity contribution in [3.63, 3.8) is 0 Å². The summed E-state index contributed by atoms with van der Waals surface area (Å²) in [4.78, 5) is 5.57. The van der Waals surface area contributed by atoms with Crippen LogP contribution >= 0.6 is 39.0 Å². The van der Waals surface area contributed by atoms with Gasteiger partial charge >= 0.3 is 0 Å². The number of hydrogen-bond donors (Lipinski definition) is 1. The Labute approximate surface area is 105 Å². The van der Waals surface area contributed by atoms with E-state index in [1.807, 2.05) is 12.1 Å². The largest absolute Gasteiger partial charge is 0.397 e. The van der Waals surface area contributed by atoms with Gasteiger partial charge in [0, 0.05) is 10.6 Å². The highest BCUT2D eigenvalue weighted by molar-refractivity contribution is 9.11. The summed E-state index contributed by atoms with van der Waals surface area (Å²) in [5, 5.41) is 1.01. The molecular formula is C10H9BrN2S2.